The van der Waals surface area contributed by atoms with Crippen LogP contribution in [-0.2, 0) is 6.54 Å². The van der Waals surface area contributed by atoms with Gasteiger partial charge >= 0.3 is 0 Å². The van der Waals surface area contributed by atoms with Crippen molar-refractivity contribution >= 4 is 5.78 Å². The van der Waals surface area contributed by atoms with Gasteiger partial charge in [-0.1, -0.05) is 13.8 Å². The quantitative estimate of drug-likeness (QED) is 0.715. The highest BCUT2D eigenvalue weighted by molar-refractivity contribution is 5.94. The Hall–Kier alpha value is -1.16. The largest absolute Gasteiger partial charge is 0.330 e. The second-order valence-electron chi connectivity index (χ2n) is 3.45. The number of hydrogen-bond donors (Lipinski definition) is 1. The maximum absolute atomic E-state index is 11.8. The maximum atomic E-state index is 11.8. The van der Waals surface area contributed by atoms with Gasteiger partial charge in [-0.05, 0) is 6.42 Å². The number of rotatable bonds is 5. The summed E-state index contributed by atoms with van der Waals surface area (Å²) in [5.41, 5.74) is 5.45. The predicted molar refractivity (Wildman–Crippen MR) is 55.1 cm³/mol. The average Bonchev–Trinajstić information content (AvgIpc) is 2.64. The van der Waals surface area contributed by atoms with Crippen LogP contribution in [0.5, 0.6) is 0 Å². The summed E-state index contributed by atoms with van der Waals surface area (Å²) in [6.07, 6.45) is 4.49. The standard InChI is InChI=1S/C10H17N3O/c1-3-5-13-6-4-12-10(13)9(14)8(2)7-11/h4,6,8H,3,5,7,11H2,1-2H3. The van der Waals surface area contributed by atoms with Crippen LogP contribution in [0.3, 0.4) is 0 Å². The highest BCUT2D eigenvalue weighted by Crippen LogP contribution is 2.06. The lowest BCUT2D eigenvalue weighted by atomic mass is 10.1. The van der Waals surface area contributed by atoms with E-state index >= 15 is 0 Å². The topological polar surface area (TPSA) is 60.9 Å². The molecule has 4 nitrogen and oxygen atoms in total. The SMILES string of the molecule is CCCn1ccnc1C(=O)C(C)CN. The minimum atomic E-state index is -0.145. The van der Waals surface area contributed by atoms with Crippen molar-refractivity contribution < 1.29 is 4.79 Å². The van der Waals surface area contributed by atoms with E-state index in [4.69, 9.17) is 5.73 Å². The van der Waals surface area contributed by atoms with Gasteiger partial charge in [0.1, 0.15) is 0 Å². The van der Waals surface area contributed by atoms with Gasteiger partial charge in [0.25, 0.3) is 0 Å². The molecule has 14 heavy (non-hydrogen) atoms. The summed E-state index contributed by atoms with van der Waals surface area (Å²) in [7, 11) is 0. The fourth-order valence-corrected chi connectivity index (χ4v) is 1.28. The van der Waals surface area contributed by atoms with Gasteiger partial charge in [-0.25, -0.2) is 4.98 Å². The Morgan fingerprint density at radius 1 is 1.71 bits per heavy atom. The summed E-state index contributed by atoms with van der Waals surface area (Å²) in [4.78, 5) is 15.8. The van der Waals surface area contributed by atoms with Crippen LogP contribution >= 0.6 is 0 Å². The van der Waals surface area contributed by atoms with E-state index in [-0.39, 0.29) is 11.7 Å². The third-order valence-electron chi connectivity index (χ3n) is 2.20. The summed E-state index contributed by atoms with van der Waals surface area (Å²) >= 11 is 0. The Morgan fingerprint density at radius 3 is 3.00 bits per heavy atom. The molecule has 78 valence electrons. The molecule has 1 unspecified atom stereocenters. The molecule has 1 atom stereocenters. The van der Waals surface area contributed by atoms with Gasteiger partial charge in [0.05, 0.1) is 0 Å². The molecule has 0 saturated heterocycles. The lowest BCUT2D eigenvalue weighted by Crippen LogP contribution is -2.23. The highest BCUT2D eigenvalue weighted by atomic mass is 16.1. The van der Waals surface area contributed by atoms with Gasteiger partial charge in [-0.2, -0.15) is 0 Å². The molecule has 0 aliphatic carbocycles. The van der Waals surface area contributed by atoms with Crippen LogP contribution in [0.4, 0.5) is 0 Å². The van der Waals surface area contributed by atoms with Gasteiger partial charge in [0.2, 0.25) is 5.78 Å². The van der Waals surface area contributed by atoms with E-state index in [1.165, 1.54) is 0 Å². The van der Waals surface area contributed by atoms with Gasteiger partial charge < -0.3 is 10.3 Å². The summed E-state index contributed by atoms with van der Waals surface area (Å²) in [6, 6.07) is 0. The Morgan fingerprint density at radius 2 is 2.43 bits per heavy atom. The summed E-state index contributed by atoms with van der Waals surface area (Å²) in [5.74, 6) is 0.420. The van der Waals surface area contributed by atoms with Gasteiger partial charge in [0.15, 0.2) is 5.82 Å². The number of Topliss-reactive ketones (excluding diaryl/α,β-unsaturated/α-hetero) is 1. The van der Waals surface area contributed by atoms with Crippen LogP contribution in [0.25, 0.3) is 0 Å². The van der Waals surface area contributed by atoms with Crippen LogP contribution in [0, 0.1) is 5.92 Å². The molecule has 0 amide bonds. The first-order valence-electron chi connectivity index (χ1n) is 4.96. The zero-order valence-corrected chi connectivity index (χ0v) is 8.73. The van der Waals surface area contributed by atoms with E-state index in [1.807, 2.05) is 17.7 Å². The highest BCUT2D eigenvalue weighted by Gasteiger charge is 2.18. The molecule has 0 radical (unpaired) electrons. The van der Waals surface area contributed by atoms with Crippen LogP contribution in [0.1, 0.15) is 30.9 Å². The Kier molecular flexibility index (Phi) is 3.83. The van der Waals surface area contributed by atoms with Crippen LogP contribution in [-0.4, -0.2) is 21.9 Å². The van der Waals surface area contributed by atoms with Crippen molar-refractivity contribution in [2.75, 3.05) is 6.54 Å². The third-order valence-corrected chi connectivity index (χ3v) is 2.20. The fourth-order valence-electron chi connectivity index (χ4n) is 1.28. The lowest BCUT2D eigenvalue weighted by molar-refractivity contribution is 0.0919. The summed E-state index contributed by atoms with van der Waals surface area (Å²) in [5, 5.41) is 0. The average molecular weight is 195 g/mol. The van der Waals surface area contributed by atoms with Crippen molar-refractivity contribution in [1.82, 2.24) is 9.55 Å². The lowest BCUT2D eigenvalue weighted by Gasteiger charge is -2.08. The smallest absolute Gasteiger partial charge is 0.202 e. The number of carbonyl (C=O) groups excluding carboxylic acids is 1. The minimum Gasteiger partial charge on any atom is -0.330 e. The van der Waals surface area contributed by atoms with Gasteiger partial charge in [-0.15, -0.1) is 0 Å². The summed E-state index contributed by atoms with van der Waals surface area (Å²) < 4.78 is 1.88. The Labute approximate surface area is 84.1 Å². The van der Waals surface area contributed by atoms with Crippen molar-refractivity contribution in [1.29, 1.82) is 0 Å². The molecule has 0 bridgehead atoms. The molecule has 0 fully saturated rings. The molecule has 1 heterocycles. The number of ketones is 1. The first-order valence-corrected chi connectivity index (χ1v) is 4.96. The van der Waals surface area contributed by atoms with Crippen molar-refractivity contribution in [2.45, 2.75) is 26.8 Å². The van der Waals surface area contributed by atoms with Crippen molar-refractivity contribution in [3.8, 4) is 0 Å². The zero-order chi connectivity index (χ0) is 10.6. The van der Waals surface area contributed by atoms with Crippen molar-refractivity contribution in [3.05, 3.63) is 18.2 Å². The molecule has 0 aromatic carbocycles. The monoisotopic (exact) mass is 195 g/mol. The molecule has 4 heteroatoms. The zero-order valence-electron chi connectivity index (χ0n) is 8.73. The van der Waals surface area contributed by atoms with E-state index in [0.717, 1.165) is 13.0 Å². The second-order valence-corrected chi connectivity index (χ2v) is 3.45. The summed E-state index contributed by atoms with van der Waals surface area (Å²) in [6.45, 7) is 5.10. The number of hydrogen-bond acceptors (Lipinski definition) is 3. The fraction of sp³-hybridized carbons (Fsp3) is 0.600. The van der Waals surface area contributed by atoms with E-state index in [2.05, 4.69) is 11.9 Å². The number of aromatic nitrogens is 2. The van der Waals surface area contributed by atoms with Crippen LogP contribution in [0.15, 0.2) is 12.4 Å². The molecule has 0 aliphatic rings. The number of nitrogens with two attached hydrogens (primary N) is 1. The molecular formula is C10H17N3O. The van der Waals surface area contributed by atoms with E-state index in [0.29, 0.717) is 12.4 Å². The minimum absolute atomic E-state index is 0.0333. The molecule has 1 rings (SSSR count). The van der Waals surface area contributed by atoms with Crippen LogP contribution < -0.4 is 5.73 Å². The Bertz CT molecular complexity index is 306. The number of nitrogens with zero attached hydrogens (tertiary/aromatic N) is 2. The van der Waals surface area contributed by atoms with Gasteiger partial charge in [0, 0.05) is 31.4 Å². The second kappa shape index (κ2) is 4.91. The molecular weight excluding hydrogens is 178 g/mol. The van der Waals surface area contributed by atoms with Crippen molar-refractivity contribution in [2.24, 2.45) is 11.7 Å². The molecule has 0 aliphatic heterocycles. The van der Waals surface area contributed by atoms with Gasteiger partial charge in [-0.3, -0.25) is 4.79 Å². The first-order chi connectivity index (χ1) is 6.70. The number of carbonyl (C=O) groups is 1. The Balaban J connectivity index is 2.83. The molecule has 0 spiro atoms. The third kappa shape index (κ3) is 2.20. The molecule has 1 aromatic rings. The molecule has 1 aromatic heterocycles. The molecule has 2 N–H and O–H groups in total. The van der Waals surface area contributed by atoms with E-state index in [9.17, 15) is 4.79 Å². The predicted octanol–water partition coefficient (Wildman–Crippen LogP) is 1.07. The first kappa shape index (κ1) is 10.9. The molecule has 0 saturated carbocycles. The number of imidazole rings is 1. The maximum Gasteiger partial charge on any atom is 0.202 e. The van der Waals surface area contributed by atoms with E-state index < -0.39 is 0 Å². The van der Waals surface area contributed by atoms with Crippen molar-refractivity contribution in [3.63, 3.8) is 0 Å². The normalized spacial score (nSPS) is 12.8. The van der Waals surface area contributed by atoms with E-state index in [1.54, 1.807) is 6.20 Å². The number of aryl methyl sites for hydroxylation is 1. The van der Waals surface area contributed by atoms with Crippen LogP contribution in [0.2, 0.25) is 0 Å².